The van der Waals surface area contributed by atoms with Crippen molar-refractivity contribution < 1.29 is 29.0 Å². The first-order valence-corrected chi connectivity index (χ1v) is 12.4. The largest absolute Gasteiger partial charge is 0.478 e. The molecule has 4 rings (SSSR count). The molecule has 200 valence electrons. The number of imide groups is 1. The van der Waals surface area contributed by atoms with Crippen LogP contribution in [-0.4, -0.2) is 34.5 Å². The van der Waals surface area contributed by atoms with Crippen molar-refractivity contribution in [3.8, 4) is 0 Å². The van der Waals surface area contributed by atoms with Gasteiger partial charge in [-0.1, -0.05) is 30.3 Å². The van der Waals surface area contributed by atoms with E-state index in [-0.39, 0.29) is 16.8 Å². The van der Waals surface area contributed by atoms with E-state index in [1.54, 1.807) is 58.9 Å². The number of aryl methyl sites for hydroxylation is 2. The van der Waals surface area contributed by atoms with E-state index in [4.69, 9.17) is 4.74 Å². The Labute approximate surface area is 226 Å². The van der Waals surface area contributed by atoms with Crippen LogP contribution in [0.4, 0.5) is 11.4 Å². The van der Waals surface area contributed by atoms with Gasteiger partial charge in [-0.3, -0.25) is 9.59 Å². The summed E-state index contributed by atoms with van der Waals surface area (Å²) in [4.78, 5) is 51.8. The molecule has 1 aliphatic rings. The zero-order valence-corrected chi connectivity index (χ0v) is 22.7. The molecular weight excluding hydrogens is 496 g/mol. The lowest BCUT2D eigenvalue weighted by Crippen LogP contribution is -2.31. The summed E-state index contributed by atoms with van der Waals surface area (Å²) >= 11 is 0. The van der Waals surface area contributed by atoms with Gasteiger partial charge in [0.15, 0.2) is 0 Å². The Morgan fingerprint density at radius 3 is 2.10 bits per heavy atom. The minimum absolute atomic E-state index is 0.0108. The normalized spacial score (nSPS) is 14.1. The smallest absolute Gasteiger partial charge is 0.338 e. The summed E-state index contributed by atoms with van der Waals surface area (Å²) in [5, 5.41) is 13.0. The fourth-order valence-electron chi connectivity index (χ4n) is 4.53. The van der Waals surface area contributed by atoms with Gasteiger partial charge >= 0.3 is 11.9 Å². The summed E-state index contributed by atoms with van der Waals surface area (Å²) in [7, 11) is 0. The van der Waals surface area contributed by atoms with Crippen LogP contribution < -0.4 is 10.2 Å². The molecule has 3 aromatic carbocycles. The average molecular weight is 527 g/mol. The first-order chi connectivity index (χ1) is 18.3. The lowest BCUT2D eigenvalue weighted by atomic mass is 9.96. The summed E-state index contributed by atoms with van der Waals surface area (Å²) < 4.78 is 5.51. The summed E-state index contributed by atoms with van der Waals surface area (Å²) in [6.45, 7) is 10.1. The van der Waals surface area contributed by atoms with Crippen molar-refractivity contribution in [2.45, 2.75) is 47.1 Å². The van der Waals surface area contributed by atoms with E-state index in [1.807, 2.05) is 30.3 Å². The van der Waals surface area contributed by atoms with E-state index in [9.17, 15) is 24.3 Å². The van der Waals surface area contributed by atoms with Crippen molar-refractivity contribution in [2.75, 3.05) is 10.2 Å². The number of carbonyl (C=O) groups is 4. The number of benzene rings is 3. The van der Waals surface area contributed by atoms with Crippen molar-refractivity contribution in [1.82, 2.24) is 0 Å². The molecule has 3 aromatic rings. The molecule has 1 aliphatic heterocycles. The van der Waals surface area contributed by atoms with Crippen LogP contribution in [0.5, 0.6) is 0 Å². The molecule has 0 spiro atoms. The Balaban J connectivity index is 1.89. The van der Waals surface area contributed by atoms with Crippen molar-refractivity contribution in [1.29, 1.82) is 0 Å². The summed E-state index contributed by atoms with van der Waals surface area (Å²) in [6.07, 6.45) is 0. The monoisotopic (exact) mass is 526 g/mol. The second-order valence-corrected chi connectivity index (χ2v) is 10.4. The zero-order valence-electron chi connectivity index (χ0n) is 22.7. The highest BCUT2D eigenvalue weighted by Crippen LogP contribution is 2.43. The number of carboxylic acid groups (broad SMARTS) is 1. The molecule has 2 amide bonds. The van der Waals surface area contributed by atoms with E-state index in [1.165, 1.54) is 13.0 Å². The van der Waals surface area contributed by atoms with Gasteiger partial charge in [0.1, 0.15) is 5.60 Å². The molecule has 8 heteroatoms. The van der Waals surface area contributed by atoms with Gasteiger partial charge in [0, 0.05) is 18.2 Å². The van der Waals surface area contributed by atoms with Crippen LogP contribution in [0.1, 0.15) is 70.7 Å². The second-order valence-electron chi connectivity index (χ2n) is 10.4. The van der Waals surface area contributed by atoms with Gasteiger partial charge in [-0.2, -0.15) is 0 Å². The highest BCUT2D eigenvalue weighted by molar-refractivity contribution is 6.44. The second kappa shape index (κ2) is 10.2. The molecule has 1 heterocycles. The van der Waals surface area contributed by atoms with Gasteiger partial charge in [0.05, 0.1) is 28.1 Å². The third-order valence-electron chi connectivity index (χ3n) is 6.24. The maximum absolute atomic E-state index is 13.7. The number of nitrogens with one attached hydrogen (secondary N) is 1. The van der Waals surface area contributed by atoms with Gasteiger partial charge in [0.2, 0.25) is 5.91 Å². The molecule has 39 heavy (non-hydrogen) atoms. The van der Waals surface area contributed by atoms with Crippen LogP contribution in [0.2, 0.25) is 0 Å². The summed E-state index contributed by atoms with van der Waals surface area (Å²) in [5.74, 6) is -2.67. The van der Waals surface area contributed by atoms with Crippen LogP contribution in [0.15, 0.2) is 60.7 Å². The van der Waals surface area contributed by atoms with E-state index < -0.39 is 29.4 Å². The number of rotatable bonds is 5. The first-order valence-electron chi connectivity index (χ1n) is 12.4. The van der Waals surface area contributed by atoms with Gasteiger partial charge < -0.3 is 15.2 Å². The Morgan fingerprint density at radius 2 is 1.54 bits per heavy atom. The molecule has 0 radical (unpaired) electrons. The molecule has 0 saturated heterocycles. The first kappa shape index (κ1) is 27.3. The van der Waals surface area contributed by atoms with E-state index in [0.717, 1.165) is 4.90 Å². The number of esters is 1. The molecule has 0 fully saturated rings. The standard InChI is InChI=1S/C31H30N2O6/c1-17-14-21(12-13-22(17)30(38)39-31(4,5)6)32-27(20-10-8-7-9-11-20)26-24-15-18(2)23(29(36)37)16-25(24)33(19(3)34)28(26)35/h7-16,32H,1-6H3,(H,36,37). The van der Waals surface area contributed by atoms with E-state index in [0.29, 0.717) is 39.2 Å². The number of carboxylic acids is 1. The van der Waals surface area contributed by atoms with Crippen molar-refractivity contribution in [2.24, 2.45) is 0 Å². The lowest BCUT2D eigenvalue weighted by molar-refractivity contribution is -0.122. The van der Waals surface area contributed by atoms with Gasteiger partial charge in [-0.25, -0.2) is 14.5 Å². The van der Waals surface area contributed by atoms with Gasteiger partial charge in [0.25, 0.3) is 5.91 Å². The zero-order chi connectivity index (χ0) is 28.6. The Kier molecular flexibility index (Phi) is 7.15. The number of anilines is 2. The lowest BCUT2D eigenvalue weighted by Gasteiger charge is -2.21. The third-order valence-corrected chi connectivity index (χ3v) is 6.24. The number of amides is 2. The maximum atomic E-state index is 13.7. The third kappa shape index (κ3) is 5.45. The van der Waals surface area contributed by atoms with Crippen LogP contribution >= 0.6 is 0 Å². The Hall–Kier alpha value is -4.72. The number of aromatic carboxylic acids is 1. The molecule has 0 aromatic heterocycles. The Bertz CT molecular complexity index is 1550. The molecule has 2 N–H and O–H groups in total. The minimum atomic E-state index is -1.15. The van der Waals surface area contributed by atoms with E-state index >= 15 is 0 Å². The van der Waals surface area contributed by atoms with Gasteiger partial charge in [-0.15, -0.1) is 0 Å². The minimum Gasteiger partial charge on any atom is -0.478 e. The number of carbonyl (C=O) groups excluding carboxylic acids is 3. The fraction of sp³-hybridized carbons (Fsp3) is 0.226. The fourth-order valence-corrected chi connectivity index (χ4v) is 4.53. The molecule has 0 aliphatic carbocycles. The van der Waals surface area contributed by atoms with E-state index in [2.05, 4.69) is 5.32 Å². The quantitative estimate of drug-likeness (QED) is 0.318. The van der Waals surface area contributed by atoms with Crippen LogP contribution in [-0.2, 0) is 14.3 Å². The van der Waals surface area contributed by atoms with Crippen LogP contribution in [0.3, 0.4) is 0 Å². The highest BCUT2D eigenvalue weighted by Gasteiger charge is 2.38. The SMILES string of the molecule is CC(=O)N1C(=O)C(=C(Nc2ccc(C(=O)OC(C)(C)C)c(C)c2)c2ccccc2)c2cc(C)c(C(=O)O)cc21. The summed E-state index contributed by atoms with van der Waals surface area (Å²) in [6, 6.07) is 17.3. The molecule has 0 bridgehead atoms. The molecule has 0 atom stereocenters. The number of ether oxygens (including phenoxy) is 1. The summed E-state index contributed by atoms with van der Waals surface area (Å²) in [5.41, 5.74) is 3.58. The van der Waals surface area contributed by atoms with Gasteiger partial charge in [-0.05, 0) is 81.6 Å². The predicted octanol–water partition coefficient (Wildman–Crippen LogP) is 5.83. The molecule has 0 unspecified atom stereocenters. The number of fused-ring (bicyclic) bond motifs is 1. The topological polar surface area (TPSA) is 113 Å². The Morgan fingerprint density at radius 1 is 0.897 bits per heavy atom. The molecular formula is C31H30N2O6. The number of hydrogen-bond acceptors (Lipinski definition) is 6. The predicted molar refractivity (Wildman–Crippen MR) is 150 cm³/mol. The molecule has 8 nitrogen and oxygen atoms in total. The van der Waals surface area contributed by atoms with Crippen molar-refractivity contribution >= 4 is 46.4 Å². The highest BCUT2D eigenvalue weighted by atomic mass is 16.6. The van der Waals surface area contributed by atoms with Crippen LogP contribution in [0, 0.1) is 13.8 Å². The number of hydrogen-bond donors (Lipinski definition) is 2. The van der Waals surface area contributed by atoms with Crippen molar-refractivity contribution in [3.63, 3.8) is 0 Å². The maximum Gasteiger partial charge on any atom is 0.338 e. The number of nitrogens with zero attached hydrogens (tertiary/aromatic N) is 1. The molecule has 0 saturated carbocycles. The van der Waals surface area contributed by atoms with Crippen molar-refractivity contribution in [3.05, 3.63) is 94.0 Å². The average Bonchev–Trinajstić information content (AvgIpc) is 3.12. The van der Waals surface area contributed by atoms with Crippen LogP contribution in [0.25, 0.3) is 11.3 Å².